The van der Waals surface area contributed by atoms with Gasteiger partial charge in [-0.1, -0.05) is 216 Å². The molecule has 4 fully saturated rings. The summed E-state index contributed by atoms with van der Waals surface area (Å²) in [6.45, 7) is 2.80. The average molecular weight is 1150 g/mol. The van der Waals surface area contributed by atoms with Crippen LogP contribution in [0.5, 0.6) is 0 Å². The molecular weight excluding hydrogens is 1090 g/mol. The molecule has 12 rings (SSSR count). The molecule has 4 amide bonds. The zero-order chi connectivity index (χ0) is 55.8. The van der Waals surface area contributed by atoms with Crippen LogP contribution in [0.15, 0.2) is 218 Å². The summed E-state index contributed by atoms with van der Waals surface area (Å²) in [6, 6.07) is 71.6. The molecule has 16 heteroatoms. The second kappa shape index (κ2) is 28.2. The van der Waals surface area contributed by atoms with Crippen molar-refractivity contribution in [3.63, 3.8) is 0 Å². The van der Waals surface area contributed by atoms with E-state index in [-0.39, 0.29) is 47.8 Å². The lowest BCUT2D eigenvalue weighted by Crippen LogP contribution is -2.37. The fourth-order valence-corrected chi connectivity index (χ4v) is 11.0. The van der Waals surface area contributed by atoms with Gasteiger partial charge in [0.15, 0.2) is 0 Å². The van der Waals surface area contributed by atoms with Gasteiger partial charge in [-0.15, -0.1) is 0 Å². The van der Waals surface area contributed by atoms with Gasteiger partial charge in [-0.25, -0.2) is 20.0 Å². The van der Waals surface area contributed by atoms with E-state index in [1.165, 1.54) is 0 Å². The highest BCUT2D eigenvalue weighted by Crippen LogP contribution is 2.34. The summed E-state index contributed by atoms with van der Waals surface area (Å²) in [5, 5.41) is 10.7. The molecule has 0 spiro atoms. The van der Waals surface area contributed by atoms with E-state index in [0.29, 0.717) is 72.0 Å². The Morgan fingerprint density at radius 1 is 0.263 bits per heavy atom. The molecule has 80 heavy (non-hydrogen) atoms. The number of hydrazine groups is 4. The zero-order valence-corrected chi connectivity index (χ0v) is 46.7. The van der Waals surface area contributed by atoms with Crippen LogP contribution in [0.4, 0.5) is 0 Å². The number of halogens is 4. The van der Waals surface area contributed by atoms with Crippen LogP contribution in [0.1, 0.15) is 94.4 Å². The van der Waals surface area contributed by atoms with Crippen LogP contribution in [0.25, 0.3) is 0 Å². The van der Waals surface area contributed by atoms with Crippen LogP contribution >= 0.6 is 46.4 Å². The predicted molar refractivity (Wildman–Crippen MR) is 317 cm³/mol. The van der Waals surface area contributed by atoms with Gasteiger partial charge in [0, 0.05) is 72.0 Å². The van der Waals surface area contributed by atoms with Crippen molar-refractivity contribution in [2.75, 3.05) is 26.2 Å². The molecule has 8 aromatic rings. The Morgan fingerprint density at radius 2 is 0.450 bits per heavy atom. The number of hydrogen-bond donors (Lipinski definition) is 4. The summed E-state index contributed by atoms with van der Waals surface area (Å²) in [6.07, 6.45) is 2.13. The lowest BCUT2D eigenvalue weighted by atomic mass is 9.98. The maximum atomic E-state index is 11.5. The smallest absolute Gasteiger partial charge is 0.235 e. The molecule has 0 unspecified atom stereocenters. The van der Waals surface area contributed by atoms with Crippen molar-refractivity contribution >= 4 is 70.0 Å². The first-order valence-electron chi connectivity index (χ1n) is 26.4. The fourth-order valence-electron chi connectivity index (χ4n) is 10.2. The van der Waals surface area contributed by atoms with E-state index in [1.807, 2.05) is 190 Å². The van der Waals surface area contributed by atoms with Gasteiger partial charge >= 0.3 is 0 Å². The van der Waals surface area contributed by atoms with Gasteiger partial charge < -0.3 is 0 Å². The monoisotopic (exact) mass is 1140 g/mol. The minimum atomic E-state index is -0.0126. The standard InChI is InChI=1S/4C16H15ClN2O/c4*17-14-8-4-7-13(11-14)16(12-5-2-1-3-6-12)19-10-9-15(20)18-19/h4*1-8,11,16H,9-10H2,(H,18,20)/t4*16-/m1111/s1. The quantitative estimate of drug-likeness (QED) is 0.0952. The highest BCUT2D eigenvalue weighted by atomic mass is 35.5. The van der Waals surface area contributed by atoms with Crippen molar-refractivity contribution < 1.29 is 19.2 Å². The van der Waals surface area contributed by atoms with Crippen LogP contribution in [0.3, 0.4) is 0 Å². The van der Waals surface area contributed by atoms with E-state index < -0.39 is 0 Å². The highest BCUT2D eigenvalue weighted by Gasteiger charge is 2.32. The van der Waals surface area contributed by atoms with Crippen molar-refractivity contribution in [2.24, 2.45) is 0 Å². The minimum Gasteiger partial charge on any atom is -0.288 e. The van der Waals surface area contributed by atoms with Gasteiger partial charge in [-0.2, -0.15) is 0 Å². The molecule has 4 saturated heterocycles. The summed E-state index contributed by atoms with van der Waals surface area (Å²) in [5.74, 6) is 0.252. The molecule has 4 atom stereocenters. The molecule has 0 aromatic heterocycles. The summed E-state index contributed by atoms with van der Waals surface area (Å²) < 4.78 is 0. The van der Waals surface area contributed by atoms with Gasteiger partial charge in [-0.3, -0.25) is 40.9 Å². The first-order chi connectivity index (χ1) is 38.9. The number of nitrogens with one attached hydrogen (secondary N) is 4. The van der Waals surface area contributed by atoms with Gasteiger partial charge in [0.05, 0.1) is 24.2 Å². The van der Waals surface area contributed by atoms with Crippen LogP contribution in [0, 0.1) is 0 Å². The maximum absolute atomic E-state index is 11.5. The Hall–Kier alpha value is -7.36. The summed E-state index contributed by atoms with van der Waals surface area (Å²) >= 11 is 24.4. The summed E-state index contributed by atoms with van der Waals surface area (Å²) in [5.41, 5.74) is 20.5. The van der Waals surface area contributed by atoms with Gasteiger partial charge in [-0.05, 0) is 93.0 Å². The molecule has 4 heterocycles. The van der Waals surface area contributed by atoms with Crippen LogP contribution in [-0.2, 0) is 19.2 Å². The zero-order valence-electron chi connectivity index (χ0n) is 43.7. The Labute approximate surface area is 487 Å². The third-order valence-corrected chi connectivity index (χ3v) is 14.7. The second-order valence-electron chi connectivity index (χ2n) is 19.4. The topological polar surface area (TPSA) is 129 Å². The number of benzene rings is 8. The molecule has 4 N–H and O–H groups in total. The van der Waals surface area contributed by atoms with E-state index in [1.54, 1.807) is 0 Å². The fraction of sp³-hybridized carbons (Fsp3) is 0.188. The molecule has 8 aromatic carbocycles. The first kappa shape index (κ1) is 57.3. The lowest BCUT2D eigenvalue weighted by molar-refractivity contribution is -0.122. The number of amides is 4. The Morgan fingerprint density at radius 3 is 0.613 bits per heavy atom. The third kappa shape index (κ3) is 15.5. The van der Waals surface area contributed by atoms with E-state index in [9.17, 15) is 19.2 Å². The van der Waals surface area contributed by atoms with Crippen molar-refractivity contribution in [1.82, 2.24) is 41.7 Å². The number of nitrogens with zero attached hydrogens (tertiary/aromatic N) is 4. The largest absolute Gasteiger partial charge is 0.288 e. The number of rotatable bonds is 12. The molecule has 12 nitrogen and oxygen atoms in total. The summed E-state index contributed by atoms with van der Waals surface area (Å²) in [4.78, 5) is 46.0. The van der Waals surface area contributed by atoms with Crippen molar-refractivity contribution in [3.8, 4) is 0 Å². The minimum absolute atomic E-state index is 0.0126. The van der Waals surface area contributed by atoms with Crippen molar-refractivity contribution in [3.05, 3.63) is 283 Å². The lowest BCUT2D eigenvalue weighted by Gasteiger charge is -2.28. The first-order valence-corrected chi connectivity index (χ1v) is 27.9. The molecule has 0 radical (unpaired) electrons. The van der Waals surface area contributed by atoms with E-state index in [4.69, 9.17) is 46.4 Å². The third-order valence-electron chi connectivity index (χ3n) is 13.8. The Bertz CT molecular complexity index is 2900. The molecule has 0 saturated carbocycles. The number of carbonyl (C=O) groups excluding carboxylic acids is 4. The number of hydrogen-bond acceptors (Lipinski definition) is 8. The maximum Gasteiger partial charge on any atom is 0.235 e. The molecule has 4 aliphatic rings. The summed E-state index contributed by atoms with van der Waals surface area (Å²) in [7, 11) is 0. The van der Waals surface area contributed by atoms with Crippen LogP contribution in [0.2, 0.25) is 20.1 Å². The SMILES string of the molecule is O=C1CCN([C@H](c2ccccc2)c2cccc(Cl)c2)N1.O=C1CCN([C@H](c2ccccc2)c2cccc(Cl)c2)N1.O=C1CCN([C@H](c2ccccc2)c2cccc(Cl)c2)N1.O=C1CCN([C@H](c2ccccc2)c2cccc(Cl)c2)N1. The highest BCUT2D eigenvalue weighted by molar-refractivity contribution is 6.31. The Kier molecular flexibility index (Phi) is 20.2. The molecular formula is C64H60Cl4N8O4. The van der Waals surface area contributed by atoms with Crippen LogP contribution < -0.4 is 21.7 Å². The van der Waals surface area contributed by atoms with Gasteiger partial charge in [0.2, 0.25) is 23.6 Å². The van der Waals surface area contributed by atoms with Gasteiger partial charge in [0.1, 0.15) is 0 Å². The molecule has 0 bridgehead atoms. The van der Waals surface area contributed by atoms with Crippen molar-refractivity contribution in [2.45, 2.75) is 49.9 Å². The molecule has 408 valence electrons. The van der Waals surface area contributed by atoms with Crippen LogP contribution in [-0.4, -0.2) is 69.8 Å². The predicted octanol–water partition coefficient (Wildman–Crippen LogP) is 12.7. The molecule has 0 aliphatic carbocycles. The molecule has 4 aliphatic heterocycles. The second-order valence-corrected chi connectivity index (χ2v) is 21.1. The average Bonchev–Trinajstić information content (AvgIpc) is 4.31. The van der Waals surface area contributed by atoms with E-state index >= 15 is 0 Å². The Balaban J connectivity index is 0.000000129. The van der Waals surface area contributed by atoms with E-state index in [2.05, 4.69) is 70.2 Å². The normalized spacial score (nSPS) is 16.9. The van der Waals surface area contributed by atoms with Gasteiger partial charge in [0.25, 0.3) is 0 Å². The van der Waals surface area contributed by atoms with Crippen molar-refractivity contribution in [1.29, 1.82) is 0 Å². The number of carbonyl (C=O) groups is 4. The van der Waals surface area contributed by atoms with E-state index in [0.717, 1.165) is 44.5 Å².